The van der Waals surface area contributed by atoms with Crippen molar-refractivity contribution < 1.29 is 4.92 Å². The summed E-state index contributed by atoms with van der Waals surface area (Å²) in [5.41, 5.74) is 0.0501. The number of halogens is 1. The fourth-order valence-electron chi connectivity index (χ4n) is 3.92. The molecule has 0 saturated carbocycles. The molecule has 194 valence electrons. The predicted molar refractivity (Wildman–Crippen MR) is 137 cm³/mol. The largest absolute Gasteiger partial charge is 0.355 e. The number of nitro groups is 1. The van der Waals surface area contributed by atoms with Crippen LogP contribution < -0.4 is 16.7 Å². The third kappa shape index (κ3) is 4.73. The molecule has 15 nitrogen and oxygen atoms in total. The molecule has 0 aliphatic carbocycles. The Hall–Kier alpha value is -4.92. The van der Waals surface area contributed by atoms with E-state index in [2.05, 4.69) is 30.9 Å². The van der Waals surface area contributed by atoms with Crippen LogP contribution in [0.15, 0.2) is 52.2 Å². The Labute approximate surface area is 218 Å². The number of aryl methyl sites for hydroxylation is 2. The lowest BCUT2D eigenvalue weighted by molar-refractivity contribution is -0.384. The van der Waals surface area contributed by atoms with Gasteiger partial charge in [-0.1, -0.05) is 23.7 Å². The van der Waals surface area contributed by atoms with Crippen LogP contribution in [0.4, 0.5) is 17.3 Å². The van der Waals surface area contributed by atoms with Crippen molar-refractivity contribution in [1.82, 2.24) is 44.1 Å². The van der Waals surface area contributed by atoms with Crippen LogP contribution in [-0.4, -0.2) is 49.0 Å². The lowest BCUT2D eigenvalue weighted by Crippen LogP contribution is -2.43. The van der Waals surface area contributed by atoms with Gasteiger partial charge in [0.05, 0.1) is 34.2 Å². The molecule has 0 amide bonds. The van der Waals surface area contributed by atoms with Gasteiger partial charge in [-0.15, -0.1) is 5.10 Å². The molecule has 38 heavy (non-hydrogen) atoms. The fourth-order valence-corrected chi connectivity index (χ4v) is 4.12. The molecular formula is C22H20ClN11O4. The van der Waals surface area contributed by atoms with Crippen LogP contribution >= 0.6 is 11.6 Å². The number of benzene rings is 2. The molecule has 0 atom stereocenters. The van der Waals surface area contributed by atoms with Crippen molar-refractivity contribution in [3.63, 3.8) is 0 Å². The van der Waals surface area contributed by atoms with Crippen molar-refractivity contribution in [2.75, 3.05) is 5.32 Å². The normalized spacial score (nSPS) is 11.2. The highest BCUT2D eigenvalue weighted by Crippen LogP contribution is 2.29. The van der Waals surface area contributed by atoms with Crippen LogP contribution in [0, 0.1) is 10.1 Å². The minimum Gasteiger partial charge on any atom is -0.324 e. The number of hydrogen-bond donors (Lipinski definition) is 1. The van der Waals surface area contributed by atoms with Gasteiger partial charge in [0.15, 0.2) is 5.82 Å². The summed E-state index contributed by atoms with van der Waals surface area (Å²) in [7, 11) is 1.78. The fraction of sp³-hybridized carbons (Fsp3) is 0.227. The maximum absolute atomic E-state index is 13.6. The molecular weight excluding hydrogens is 518 g/mol. The van der Waals surface area contributed by atoms with Crippen LogP contribution in [0.25, 0.3) is 10.9 Å². The van der Waals surface area contributed by atoms with Gasteiger partial charge in [0.25, 0.3) is 5.69 Å². The quantitative estimate of drug-likeness (QED) is 0.226. The van der Waals surface area contributed by atoms with Crippen molar-refractivity contribution >= 4 is 39.8 Å². The topological polar surface area (TPSA) is 173 Å². The summed E-state index contributed by atoms with van der Waals surface area (Å²) in [6.07, 6.45) is 1.80. The van der Waals surface area contributed by atoms with Crippen LogP contribution in [0.1, 0.15) is 18.3 Å². The van der Waals surface area contributed by atoms with Crippen molar-refractivity contribution in [3.8, 4) is 0 Å². The van der Waals surface area contributed by atoms with E-state index in [0.717, 1.165) is 9.95 Å². The zero-order chi connectivity index (χ0) is 27.0. The van der Waals surface area contributed by atoms with Crippen LogP contribution in [0.2, 0.25) is 5.02 Å². The molecule has 0 radical (unpaired) electrons. The van der Waals surface area contributed by atoms with Gasteiger partial charge in [0, 0.05) is 37.3 Å². The van der Waals surface area contributed by atoms with E-state index in [1.165, 1.54) is 33.5 Å². The molecule has 0 fully saturated rings. The Morgan fingerprint density at radius 1 is 1.11 bits per heavy atom. The first kappa shape index (κ1) is 24.8. The highest BCUT2D eigenvalue weighted by molar-refractivity contribution is 6.34. The molecule has 0 aliphatic rings. The number of fused-ring (bicyclic) bond motifs is 1. The monoisotopic (exact) mass is 537 g/mol. The molecule has 3 heterocycles. The summed E-state index contributed by atoms with van der Waals surface area (Å²) in [5.74, 6) is 0.246. The van der Waals surface area contributed by atoms with E-state index in [1.54, 1.807) is 30.1 Å². The highest BCUT2D eigenvalue weighted by Gasteiger charge is 2.18. The SMILES string of the molecule is CCn1nnnc1Cn1c(=O)nc(Nc2cc3cn(C)nc3cc2Cl)n(Cc2ccc([N+](=O)[O-])cc2)c1=O. The average Bonchev–Trinajstić information content (AvgIpc) is 3.49. The Morgan fingerprint density at radius 2 is 1.87 bits per heavy atom. The van der Waals surface area contributed by atoms with Gasteiger partial charge in [-0.2, -0.15) is 10.1 Å². The van der Waals surface area contributed by atoms with E-state index < -0.39 is 16.3 Å². The predicted octanol–water partition coefficient (Wildman–Crippen LogP) is 1.70. The smallest absolute Gasteiger partial charge is 0.324 e. The number of rotatable bonds is 8. The van der Waals surface area contributed by atoms with Gasteiger partial charge in [0.1, 0.15) is 0 Å². The van der Waals surface area contributed by atoms with E-state index in [0.29, 0.717) is 34.2 Å². The number of nitrogens with zero attached hydrogens (tertiary/aromatic N) is 10. The maximum atomic E-state index is 13.6. The minimum absolute atomic E-state index is 0.0437. The first-order chi connectivity index (χ1) is 18.2. The number of anilines is 2. The van der Waals surface area contributed by atoms with Gasteiger partial charge in [-0.05, 0) is 35.0 Å². The molecule has 1 N–H and O–H groups in total. The summed E-state index contributed by atoms with van der Waals surface area (Å²) in [6.45, 7) is 2.02. The first-order valence-corrected chi connectivity index (χ1v) is 11.7. The van der Waals surface area contributed by atoms with E-state index in [9.17, 15) is 19.7 Å². The van der Waals surface area contributed by atoms with Crippen LogP contribution in [0.3, 0.4) is 0 Å². The summed E-state index contributed by atoms with van der Waals surface area (Å²) >= 11 is 6.46. The summed E-state index contributed by atoms with van der Waals surface area (Å²) in [4.78, 5) is 41.3. The lowest BCUT2D eigenvalue weighted by atomic mass is 10.2. The van der Waals surface area contributed by atoms with E-state index in [-0.39, 0.29) is 24.7 Å². The molecule has 5 aromatic rings. The average molecular weight is 538 g/mol. The standard InChI is InChI=1S/C22H20ClN11O4/c1-3-33-19(26-28-29-33)12-32-21(35)25-20(24-18-8-14-11-30(2)27-17(14)9-16(18)23)31(22(32)36)10-13-4-6-15(7-5-13)34(37)38/h4-9,11H,3,10,12H2,1-2H3,(H,24,25,35). The molecule has 5 rings (SSSR count). The van der Waals surface area contributed by atoms with Crippen molar-refractivity contribution in [3.05, 3.63) is 90.1 Å². The second-order valence-electron chi connectivity index (χ2n) is 8.33. The molecule has 0 unspecified atom stereocenters. The number of hydrogen-bond acceptors (Lipinski definition) is 10. The maximum Gasteiger partial charge on any atom is 0.355 e. The van der Waals surface area contributed by atoms with Crippen LogP contribution in [-0.2, 0) is 26.7 Å². The Bertz CT molecular complexity index is 1790. The van der Waals surface area contributed by atoms with E-state index in [1.807, 2.05) is 6.92 Å². The Kier molecular flexibility index (Phi) is 6.42. The van der Waals surface area contributed by atoms with Gasteiger partial charge < -0.3 is 5.32 Å². The van der Waals surface area contributed by atoms with Crippen molar-refractivity contribution in [2.24, 2.45) is 7.05 Å². The number of nitro benzene ring substituents is 1. The van der Waals surface area contributed by atoms with Gasteiger partial charge in [-0.3, -0.25) is 19.4 Å². The molecule has 0 bridgehead atoms. The molecule has 2 aromatic carbocycles. The molecule has 3 aromatic heterocycles. The van der Waals surface area contributed by atoms with Gasteiger partial charge in [0.2, 0.25) is 5.95 Å². The number of aromatic nitrogens is 9. The zero-order valence-electron chi connectivity index (χ0n) is 20.1. The number of tetrazole rings is 1. The highest BCUT2D eigenvalue weighted by atomic mass is 35.5. The van der Waals surface area contributed by atoms with Crippen LogP contribution in [0.5, 0.6) is 0 Å². The number of non-ortho nitro benzene ring substituents is 1. The zero-order valence-corrected chi connectivity index (χ0v) is 20.9. The lowest BCUT2D eigenvalue weighted by Gasteiger charge is -2.16. The Morgan fingerprint density at radius 3 is 2.58 bits per heavy atom. The van der Waals surface area contributed by atoms with E-state index >= 15 is 0 Å². The minimum atomic E-state index is -0.818. The van der Waals surface area contributed by atoms with Crippen molar-refractivity contribution in [2.45, 2.75) is 26.6 Å². The third-order valence-electron chi connectivity index (χ3n) is 5.80. The molecule has 16 heteroatoms. The third-order valence-corrected chi connectivity index (χ3v) is 6.11. The molecule has 0 saturated heterocycles. The second-order valence-corrected chi connectivity index (χ2v) is 8.73. The number of nitrogens with one attached hydrogen (secondary N) is 1. The van der Waals surface area contributed by atoms with Crippen molar-refractivity contribution in [1.29, 1.82) is 0 Å². The molecule has 0 spiro atoms. The first-order valence-electron chi connectivity index (χ1n) is 11.3. The summed E-state index contributed by atoms with van der Waals surface area (Å²) in [6, 6.07) is 9.10. The van der Waals surface area contributed by atoms with Gasteiger partial charge >= 0.3 is 11.4 Å². The summed E-state index contributed by atoms with van der Waals surface area (Å²) in [5, 5.41) is 30.8. The Balaban J connectivity index is 1.61. The molecule has 0 aliphatic heterocycles. The summed E-state index contributed by atoms with van der Waals surface area (Å²) < 4.78 is 5.26. The van der Waals surface area contributed by atoms with Gasteiger partial charge in [-0.25, -0.2) is 18.8 Å². The van der Waals surface area contributed by atoms with E-state index in [4.69, 9.17) is 11.6 Å². The second kappa shape index (κ2) is 9.85.